The lowest BCUT2D eigenvalue weighted by Crippen LogP contribution is -2.29. The van der Waals surface area contributed by atoms with Crippen LogP contribution < -0.4 is 5.32 Å². The molecule has 0 saturated heterocycles. The zero-order valence-corrected chi connectivity index (χ0v) is 12.2. The number of para-hydroxylation sites is 1. The molecule has 0 bridgehead atoms. The molecule has 4 heteroatoms. The molecule has 0 spiro atoms. The number of halogens is 1. The predicted molar refractivity (Wildman–Crippen MR) is 78.5 cm³/mol. The maximum Gasteiger partial charge on any atom is 0.0637 e. The van der Waals surface area contributed by atoms with E-state index in [9.17, 15) is 0 Å². The molecular weight excluding hydrogens is 248 g/mol. The fourth-order valence-corrected chi connectivity index (χ4v) is 1.74. The Bertz CT molecular complexity index is 344. The quantitative estimate of drug-likeness (QED) is 0.786. The van der Waals surface area contributed by atoms with E-state index in [0.29, 0.717) is 6.10 Å². The van der Waals surface area contributed by atoms with Gasteiger partial charge < -0.3 is 15.0 Å². The summed E-state index contributed by atoms with van der Waals surface area (Å²) in [5.74, 6) is 0. The number of hydrogen-bond donors (Lipinski definition) is 1. The van der Waals surface area contributed by atoms with Gasteiger partial charge in [0, 0.05) is 19.6 Å². The van der Waals surface area contributed by atoms with Gasteiger partial charge in [-0.2, -0.15) is 0 Å². The van der Waals surface area contributed by atoms with Gasteiger partial charge >= 0.3 is 0 Å². The highest BCUT2D eigenvalue weighted by Crippen LogP contribution is 2.19. The Labute approximate surface area is 115 Å². The van der Waals surface area contributed by atoms with Gasteiger partial charge in [0.2, 0.25) is 0 Å². The van der Waals surface area contributed by atoms with Crippen LogP contribution in [0, 0.1) is 0 Å². The van der Waals surface area contributed by atoms with Crippen LogP contribution in [0.3, 0.4) is 0 Å². The minimum absolute atomic E-state index is 0.305. The number of nitrogens with zero attached hydrogens (tertiary/aromatic N) is 1. The smallest absolute Gasteiger partial charge is 0.0637 e. The number of rotatable bonds is 8. The molecule has 1 aromatic rings. The van der Waals surface area contributed by atoms with Crippen LogP contribution in [0.5, 0.6) is 0 Å². The van der Waals surface area contributed by atoms with Crippen LogP contribution in [0.15, 0.2) is 24.3 Å². The van der Waals surface area contributed by atoms with Crippen LogP contribution in [0.1, 0.15) is 13.8 Å². The summed E-state index contributed by atoms with van der Waals surface area (Å²) >= 11 is 6.06. The second kappa shape index (κ2) is 8.35. The van der Waals surface area contributed by atoms with Crippen molar-refractivity contribution < 1.29 is 4.74 Å². The minimum atomic E-state index is 0.305. The first kappa shape index (κ1) is 15.3. The summed E-state index contributed by atoms with van der Waals surface area (Å²) in [5, 5.41) is 4.10. The molecular formula is C14H23ClN2O. The number of anilines is 1. The molecule has 1 aromatic carbocycles. The Morgan fingerprint density at radius 1 is 1.28 bits per heavy atom. The SMILES string of the molecule is CC(C)OCCN(C)CCNc1ccccc1Cl. The van der Waals surface area contributed by atoms with E-state index in [2.05, 4.69) is 31.1 Å². The number of ether oxygens (including phenoxy) is 1. The third-order valence-electron chi connectivity index (χ3n) is 2.61. The van der Waals surface area contributed by atoms with Gasteiger partial charge in [0.25, 0.3) is 0 Å². The van der Waals surface area contributed by atoms with Gasteiger partial charge in [0.15, 0.2) is 0 Å². The second-order valence-electron chi connectivity index (χ2n) is 4.63. The van der Waals surface area contributed by atoms with Crippen LogP contribution in [-0.2, 0) is 4.74 Å². The van der Waals surface area contributed by atoms with Crippen molar-refractivity contribution in [3.05, 3.63) is 29.3 Å². The first-order valence-corrected chi connectivity index (χ1v) is 6.76. The Hall–Kier alpha value is -0.770. The molecule has 0 aliphatic rings. The molecule has 1 N–H and O–H groups in total. The summed E-state index contributed by atoms with van der Waals surface area (Å²) in [6, 6.07) is 7.80. The highest BCUT2D eigenvalue weighted by Gasteiger charge is 2.01. The largest absolute Gasteiger partial charge is 0.383 e. The van der Waals surface area contributed by atoms with Gasteiger partial charge in [-0.3, -0.25) is 0 Å². The molecule has 0 unspecified atom stereocenters. The van der Waals surface area contributed by atoms with Gasteiger partial charge in [0.05, 0.1) is 23.4 Å². The lowest BCUT2D eigenvalue weighted by Gasteiger charge is -2.18. The Balaban J connectivity index is 2.15. The van der Waals surface area contributed by atoms with Crippen molar-refractivity contribution in [1.82, 2.24) is 4.90 Å². The average molecular weight is 271 g/mol. The van der Waals surface area contributed by atoms with E-state index in [4.69, 9.17) is 16.3 Å². The standard InChI is InChI=1S/C14H23ClN2O/c1-12(2)18-11-10-17(3)9-8-16-14-7-5-4-6-13(14)15/h4-7,12,16H,8-11H2,1-3H3. The highest BCUT2D eigenvalue weighted by atomic mass is 35.5. The molecule has 0 aliphatic carbocycles. The normalized spacial score (nSPS) is 11.2. The molecule has 0 atom stereocenters. The second-order valence-corrected chi connectivity index (χ2v) is 5.04. The molecule has 3 nitrogen and oxygen atoms in total. The van der Waals surface area contributed by atoms with E-state index in [1.54, 1.807) is 0 Å². The molecule has 0 heterocycles. The van der Waals surface area contributed by atoms with E-state index in [-0.39, 0.29) is 0 Å². The molecule has 1 rings (SSSR count). The van der Waals surface area contributed by atoms with Crippen LogP contribution >= 0.6 is 11.6 Å². The Morgan fingerprint density at radius 3 is 2.67 bits per heavy atom. The number of hydrogen-bond acceptors (Lipinski definition) is 3. The van der Waals surface area contributed by atoms with Crippen molar-refractivity contribution in [3.8, 4) is 0 Å². The summed E-state index contributed by atoms with van der Waals surface area (Å²) in [5.41, 5.74) is 0.992. The van der Waals surface area contributed by atoms with E-state index >= 15 is 0 Å². The van der Waals surface area contributed by atoms with Crippen molar-refractivity contribution in [2.75, 3.05) is 38.6 Å². The third-order valence-corrected chi connectivity index (χ3v) is 2.94. The molecule has 0 saturated carbocycles. The first-order valence-electron chi connectivity index (χ1n) is 6.38. The average Bonchev–Trinajstić information content (AvgIpc) is 2.31. The fourth-order valence-electron chi connectivity index (χ4n) is 1.54. The summed E-state index contributed by atoms with van der Waals surface area (Å²) in [4.78, 5) is 2.24. The van der Waals surface area contributed by atoms with Crippen molar-refractivity contribution in [3.63, 3.8) is 0 Å². The van der Waals surface area contributed by atoms with E-state index < -0.39 is 0 Å². The zero-order valence-electron chi connectivity index (χ0n) is 11.4. The Kier molecular flexibility index (Phi) is 7.09. The molecule has 0 aliphatic heterocycles. The van der Waals surface area contributed by atoms with E-state index in [1.807, 2.05) is 24.3 Å². The Morgan fingerprint density at radius 2 is 2.00 bits per heavy atom. The van der Waals surface area contributed by atoms with Gasteiger partial charge in [0.1, 0.15) is 0 Å². The maximum absolute atomic E-state index is 6.06. The molecule has 0 aromatic heterocycles. The summed E-state index contributed by atoms with van der Waals surface area (Å²) < 4.78 is 5.51. The lowest BCUT2D eigenvalue weighted by molar-refractivity contribution is 0.0645. The molecule has 0 fully saturated rings. The molecule has 0 radical (unpaired) electrons. The first-order chi connectivity index (χ1) is 8.59. The molecule has 18 heavy (non-hydrogen) atoms. The molecule has 0 amide bonds. The highest BCUT2D eigenvalue weighted by molar-refractivity contribution is 6.33. The van der Waals surface area contributed by atoms with Crippen LogP contribution in [-0.4, -0.2) is 44.3 Å². The van der Waals surface area contributed by atoms with Crippen molar-refractivity contribution in [1.29, 1.82) is 0 Å². The lowest BCUT2D eigenvalue weighted by atomic mass is 10.3. The topological polar surface area (TPSA) is 24.5 Å². The zero-order chi connectivity index (χ0) is 13.4. The summed E-state index contributed by atoms with van der Waals surface area (Å²) in [6.45, 7) is 7.68. The number of nitrogens with one attached hydrogen (secondary N) is 1. The summed E-state index contributed by atoms with van der Waals surface area (Å²) in [6.07, 6.45) is 0.305. The van der Waals surface area contributed by atoms with Crippen LogP contribution in [0.2, 0.25) is 5.02 Å². The number of likely N-dealkylation sites (N-methyl/N-ethyl adjacent to an activating group) is 1. The minimum Gasteiger partial charge on any atom is -0.383 e. The number of benzene rings is 1. The van der Waals surface area contributed by atoms with Gasteiger partial charge in [-0.25, -0.2) is 0 Å². The van der Waals surface area contributed by atoms with Crippen molar-refractivity contribution in [2.45, 2.75) is 20.0 Å². The monoisotopic (exact) mass is 270 g/mol. The van der Waals surface area contributed by atoms with Gasteiger partial charge in [-0.1, -0.05) is 23.7 Å². The van der Waals surface area contributed by atoms with E-state index in [0.717, 1.165) is 37.0 Å². The molecule has 102 valence electrons. The summed E-state index contributed by atoms with van der Waals surface area (Å²) in [7, 11) is 2.10. The fraction of sp³-hybridized carbons (Fsp3) is 0.571. The van der Waals surface area contributed by atoms with Crippen LogP contribution in [0.4, 0.5) is 5.69 Å². The van der Waals surface area contributed by atoms with E-state index in [1.165, 1.54) is 0 Å². The predicted octanol–water partition coefficient (Wildman–Crippen LogP) is 3.11. The van der Waals surface area contributed by atoms with Crippen LogP contribution in [0.25, 0.3) is 0 Å². The third kappa shape index (κ3) is 6.24. The van der Waals surface area contributed by atoms with Gasteiger partial charge in [-0.15, -0.1) is 0 Å². The van der Waals surface area contributed by atoms with Crippen molar-refractivity contribution in [2.24, 2.45) is 0 Å². The maximum atomic E-state index is 6.06. The van der Waals surface area contributed by atoms with Crippen molar-refractivity contribution >= 4 is 17.3 Å². The van der Waals surface area contributed by atoms with Gasteiger partial charge in [-0.05, 0) is 33.0 Å².